The number of amides is 1. The second kappa shape index (κ2) is 6.63. The van der Waals surface area contributed by atoms with Crippen LogP contribution in [0.4, 0.5) is 0 Å². The van der Waals surface area contributed by atoms with Crippen molar-refractivity contribution in [1.29, 1.82) is 0 Å². The van der Waals surface area contributed by atoms with E-state index in [0.29, 0.717) is 12.9 Å². The van der Waals surface area contributed by atoms with E-state index in [0.717, 1.165) is 6.42 Å². The molecule has 0 aromatic carbocycles. The molecule has 0 rings (SSSR count). The maximum Gasteiger partial charge on any atom is 0.215 e. The van der Waals surface area contributed by atoms with Gasteiger partial charge < -0.3 is 4.90 Å². The van der Waals surface area contributed by atoms with Gasteiger partial charge in [0.2, 0.25) is 5.91 Å². The summed E-state index contributed by atoms with van der Waals surface area (Å²) in [6.07, 6.45) is 1.38. The summed E-state index contributed by atoms with van der Waals surface area (Å²) in [5.41, 5.74) is 0. The fourth-order valence-corrected chi connectivity index (χ4v) is 1.16. The molecule has 0 radical (unpaired) electrons. The zero-order valence-corrected chi connectivity index (χ0v) is 9.67. The van der Waals surface area contributed by atoms with E-state index in [4.69, 9.17) is 0 Å². The maximum atomic E-state index is 11.5. The Bertz CT molecular complexity index is 202. The van der Waals surface area contributed by atoms with Crippen molar-refractivity contribution in [3.05, 3.63) is 0 Å². The van der Waals surface area contributed by atoms with E-state index in [1.165, 1.54) is 0 Å². The summed E-state index contributed by atoms with van der Waals surface area (Å²) in [7, 11) is 1.82. The Kier molecular flexibility index (Phi) is 6.25. The number of ketones is 1. The molecule has 0 bridgehead atoms. The van der Waals surface area contributed by atoms with Gasteiger partial charge in [-0.2, -0.15) is 0 Å². The molecule has 0 atom stereocenters. The predicted octanol–water partition coefficient (Wildman–Crippen LogP) is 0.501. The topological polar surface area (TPSA) is 37.4 Å². The van der Waals surface area contributed by atoms with Crippen molar-refractivity contribution < 1.29 is 9.59 Å². The van der Waals surface area contributed by atoms with E-state index < -0.39 is 0 Å². The molecule has 0 aliphatic rings. The van der Waals surface area contributed by atoms with E-state index in [1.807, 2.05) is 28.6 Å². The Balaban J connectivity index is 4.22. The highest BCUT2D eigenvalue weighted by atomic mass is 16.2. The standard InChI is InChI=1S/C10H20BNO2/c1-4-5-12(10(14)6-11)7-9(13)8(2)3/h8H,4-7,11H2,1-3H3. The van der Waals surface area contributed by atoms with E-state index in [9.17, 15) is 9.59 Å². The average Bonchev–Trinajstić information content (AvgIpc) is 2.15. The van der Waals surface area contributed by atoms with Crippen molar-refractivity contribution in [1.82, 2.24) is 4.90 Å². The van der Waals surface area contributed by atoms with Gasteiger partial charge in [-0.25, -0.2) is 0 Å². The first-order valence-electron chi connectivity index (χ1n) is 5.33. The van der Waals surface area contributed by atoms with Gasteiger partial charge in [-0.1, -0.05) is 20.8 Å². The van der Waals surface area contributed by atoms with Gasteiger partial charge in [0.05, 0.1) is 6.54 Å². The molecule has 14 heavy (non-hydrogen) atoms. The van der Waals surface area contributed by atoms with Crippen LogP contribution in [-0.2, 0) is 9.59 Å². The molecule has 0 unspecified atom stereocenters. The Morgan fingerprint density at radius 2 is 1.93 bits per heavy atom. The third kappa shape index (κ3) is 4.44. The van der Waals surface area contributed by atoms with E-state index in [2.05, 4.69) is 0 Å². The molecule has 0 saturated heterocycles. The fraction of sp³-hybridized carbons (Fsp3) is 0.800. The second-order valence-electron chi connectivity index (χ2n) is 3.79. The zero-order chi connectivity index (χ0) is 11.1. The number of carbonyl (C=O) groups excluding carboxylic acids is 2. The Hall–Kier alpha value is -0.795. The number of rotatable bonds is 6. The molecule has 80 valence electrons. The molecule has 0 aromatic rings. The quantitative estimate of drug-likeness (QED) is 0.581. The van der Waals surface area contributed by atoms with Crippen molar-refractivity contribution in [3.8, 4) is 0 Å². The second-order valence-corrected chi connectivity index (χ2v) is 3.79. The van der Waals surface area contributed by atoms with Crippen LogP contribution in [-0.4, -0.2) is 37.5 Å². The van der Waals surface area contributed by atoms with Crippen LogP contribution in [0, 0.1) is 5.92 Å². The molecule has 0 fully saturated rings. The molecule has 0 aliphatic heterocycles. The van der Waals surface area contributed by atoms with E-state index >= 15 is 0 Å². The molecule has 0 saturated carbocycles. The lowest BCUT2D eigenvalue weighted by molar-refractivity contribution is -0.134. The third-order valence-corrected chi connectivity index (χ3v) is 2.14. The van der Waals surface area contributed by atoms with Gasteiger partial charge in [0.1, 0.15) is 7.85 Å². The lowest BCUT2D eigenvalue weighted by atomic mass is 10.0. The zero-order valence-electron chi connectivity index (χ0n) is 9.67. The van der Waals surface area contributed by atoms with Crippen LogP contribution in [0.15, 0.2) is 0 Å². The summed E-state index contributed by atoms with van der Waals surface area (Å²) >= 11 is 0. The molecule has 3 nitrogen and oxygen atoms in total. The predicted molar refractivity (Wildman–Crippen MR) is 60.1 cm³/mol. The highest BCUT2D eigenvalue weighted by Crippen LogP contribution is 2.01. The SMILES string of the molecule is BCC(=O)N(CCC)CC(=O)C(C)C. The first-order valence-corrected chi connectivity index (χ1v) is 5.33. The highest BCUT2D eigenvalue weighted by Gasteiger charge is 2.16. The lowest BCUT2D eigenvalue weighted by Crippen LogP contribution is -2.37. The van der Waals surface area contributed by atoms with Gasteiger partial charge in [-0.3, -0.25) is 9.59 Å². The molecule has 0 heterocycles. The van der Waals surface area contributed by atoms with E-state index in [-0.39, 0.29) is 24.2 Å². The van der Waals surface area contributed by atoms with Gasteiger partial charge in [0, 0.05) is 12.5 Å². The van der Waals surface area contributed by atoms with Crippen LogP contribution < -0.4 is 0 Å². The number of nitrogens with zero attached hydrogens (tertiary/aromatic N) is 1. The third-order valence-electron chi connectivity index (χ3n) is 2.14. The smallest absolute Gasteiger partial charge is 0.215 e. The monoisotopic (exact) mass is 197 g/mol. The number of hydrogen-bond acceptors (Lipinski definition) is 2. The summed E-state index contributed by atoms with van der Waals surface area (Å²) in [5, 5.41) is 0. The van der Waals surface area contributed by atoms with Gasteiger partial charge in [-0.15, -0.1) is 0 Å². The number of carbonyl (C=O) groups is 2. The van der Waals surface area contributed by atoms with Crippen molar-refractivity contribution in [2.75, 3.05) is 13.1 Å². The Morgan fingerprint density at radius 3 is 2.29 bits per heavy atom. The molecule has 0 aliphatic carbocycles. The summed E-state index contributed by atoms with van der Waals surface area (Å²) < 4.78 is 0. The van der Waals surface area contributed by atoms with Crippen LogP contribution in [0.2, 0.25) is 6.32 Å². The number of Topliss-reactive ketones (excluding diaryl/α,β-unsaturated/α-hetero) is 1. The summed E-state index contributed by atoms with van der Waals surface area (Å²) in [6.45, 7) is 6.70. The van der Waals surface area contributed by atoms with Crippen molar-refractivity contribution >= 4 is 19.5 Å². The van der Waals surface area contributed by atoms with Gasteiger partial charge >= 0.3 is 0 Å². The molecular weight excluding hydrogens is 177 g/mol. The minimum absolute atomic E-state index is 0.0130. The summed E-state index contributed by atoms with van der Waals surface area (Å²) in [4.78, 5) is 24.5. The summed E-state index contributed by atoms with van der Waals surface area (Å²) in [6, 6.07) is 0. The van der Waals surface area contributed by atoms with Gasteiger partial charge in [0.15, 0.2) is 5.78 Å². The van der Waals surface area contributed by atoms with Crippen LogP contribution in [0.3, 0.4) is 0 Å². The number of hydrogen-bond donors (Lipinski definition) is 0. The van der Waals surface area contributed by atoms with Crippen molar-refractivity contribution in [2.24, 2.45) is 5.92 Å². The van der Waals surface area contributed by atoms with Crippen molar-refractivity contribution in [2.45, 2.75) is 33.5 Å². The molecule has 0 N–H and O–H groups in total. The normalized spacial score (nSPS) is 10.3. The minimum Gasteiger partial charge on any atom is -0.336 e. The van der Waals surface area contributed by atoms with Crippen molar-refractivity contribution in [3.63, 3.8) is 0 Å². The summed E-state index contributed by atoms with van der Waals surface area (Å²) in [5.74, 6) is 0.222. The van der Waals surface area contributed by atoms with Crippen LogP contribution >= 0.6 is 0 Å². The molecular formula is C10H20BNO2. The van der Waals surface area contributed by atoms with Gasteiger partial charge in [0.25, 0.3) is 0 Å². The Morgan fingerprint density at radius 1 is 1.36 bits per heavy atom. The first-order chi connectivity index (χ1) is 6.52. The average molecular weight is 197 g/mol. The first kappa shape index (κ1) is 13.2. The molecule has 0 aromatic heterocycles. The molecule has 4 heteroatoms. The van der Waals surface area contributed by atoms with Crippen LogP contribution in [0.25, 0.3) is 0 Å². The fourth-order valence-electron chi connectivity index (χ4n) is 1.16. The van der Waals surface area contributed by atoms with Crippen LogP contribution in [0.5, 0.6) is 0 Å². The molecule has 0 spiro atoms. The van der Waals surface area contributed by atoms with Crippen LogP contribution in [0.1, 0.15) is 27.2 Å². The minimum atomic E-state index is 0.0130. The van der Waals surface area contributed by atoms with E-state index in [1.54, 1.807) is 4.90 Å². The highest BCUT2D eigenvalue weighted by molar-refractivity contribution is 6.19. The van der Waals surface area contributed by atoms with Gasteiger partial charge in [-0.05, 0) is 12.7 Å². The Labute approximate surface area is 87.3 Å². The lowest BCUT2D eigenvalue weighted by Gasteiger charge is -2.21. The largest absolute Gasteiger partial charge is 0.336 e. The maximum absolute atomic E-state index is 11.5. The molecule has 1 amide bonds.